The molecule has 1 N–H and O–H groups in total. The molecule has 2 heterocycles. The van der Waals surface area contributed by atoms with E-state index in [1.54, 1.807) is 18.3 Å². The predicted octanol–water partition coefficient (Wildman–Crippen LogP) is 0.991. The van der Waals surface area contributed by atoms with Crippen molar-refractivity contribution < 1.29 is 9.90 Å². The summed E-state index contributed by atoms with van der Waals surface area (Å²) in [6, 6.07) is 6.85. The van der Waals surface area contributed by atoms with Crippen molar-refractivity contribution >= 4 is 11.6 Å². The Balaban J connectivity index is 1.84. The second-order valence-corrected chi connectivity index (χ2v) is 5.52. The van der Waals surface area contributed by atoms with E-state index in [0.29, 0.717) is 23.8 Å². The fraction of sp³-hybridized carbons (Fsp3) is 0.400. The van der Waals surface area contributed by atoms with Gasteiger partial charge in [-0.3, -0.25) is 18.9 Å². The predicted molar refractivity (Wildman–Crippen MR) is 77.1 cm³/mol. The molecule has 0 bridgehead atoms. The lowest BCUT2D eigenvalue weighted by atomic mass is 10.3. The van der Waals surface area contributed by atoms with Gasteiger partial charge in [0, 0.05) is 25.4 Å². The van der Waals surface area contributed by atoms with Crippen LogP contribution in [0.4, 0.5) is 0 Å². The van der Waals surface area contributed by atoms with Crippen LogP contribution in [0.2, 0.25) is 0 Å². The molecular formula is C15H17N3O3. The zero-order valence-corrected chi connectivity index (χ0v) is 11.6. The Morgan fingerprint density at radius 2 is 2.24 bits per heavy atom. The number of carboxylic acid groups (broad SMARTS) is 1. The van der Waals surface area contributed by atoms with Crippen LogP contribution in [0.5, 0.6) is 0 Å². The molecule has 2 aromatic heterocycles. The Kier molecular flexibility index (Phi) is 3.70. The topological polar surface area (TPSA) is 74.9 Å². The summed E-state index contributed by atoms with van der Waals surface area (Å²) >= 11 is 0. The zero-order chi connectivity index (χ0) is 14.8. The first-order valence-corrected chi connectivity index (χ1v) is 7.03. The van der Waals surface area contributed by atoms with E-state index in [4.69, 9.17) is 5.11 Å². The van der Waals surface area contributed by atoms with Crippen LogP contribution in [-0.2, 0) is 11.3 Å². The molecule has 0 aromatic carbocycles. The lowest BCUT2D eigenvalue weighted by Crippen LogP contribution is -2.32. The Hall–Kier alpha value is -2.21. The molecule has 1 saturated carbocycles. The summed E-state index contributed by atoms with van der Waals surface area (Å²) in [4.78, 5) is 29.3. The van der Waals surface area contributed by atoms with Crippen LogP contribution in [0.1, 0.15) is 18.5 Å². The van der Waals surface area contributed by atoms with Crippen LogP contribution in [-0.4, -0.2) is 38.4 Å². The number of rotatable bonds is 6. The minimum Gasteiger partial charge on any atom is -0.480 e. The van der Waals surface area contributed by atoms with Gasteiger partial charge in [-0.15, -0.1) is 0 Å². The highest BCUT2D eigenvalue weighted by atomic mass is 16.4. The molecule has 21 heavy (non-hydrogen) atoms. The minimum atomic E-state index is -0.854. The third-order valence-electron chi connectivity index (χ3n) is 3.58. The normalized spacial score (nSPS) is 14.7. The number of aliphatic carboxylic acids is 1. The number of hydrogen-bond acceptors (Lipinski definition) is 4. The third-order valence-corrected chi connectivity index (χ3v) is 3.58. The Morgan fingerprint density at radius 1 is 1.43 bits per heavy atom. The van der Waals surface area contributed by atoms with Crippen LogP contribution in [0.15, 0.2) is 35.3 Å². The van der Waals surface area contributed by atoms with Gasteiger partial charge in [0.2, 0.25) is 0 Å². The van der Waals surface area contributed by atoms with Crippen molar-refractivity contribution in [2.45, 2.75) is 19.4 Å². The van der Waals surface area contributed by atoms with E-state index in [1.165, 1.54) is 10.5 Å². The maximum atomic E-state index is 12.0. The summed E-state index contributed by atoms with van der Waals surface area (Å²) in [6.45, 7) is 1.12. The van der Waals surface area contributed by atoms with Gasteiger partial charge in [0.05, 0.1) is 12.2 Å². The number of carboxylic acids is 1. The summed E-state index contributed by atoms with van der Waals surface area (Å²) in [5.41, 5.74) is 1.06. The largest absolute Gasteiger partial charge is 0.480 e. The molecular weight excluding hydrogens is 270 g/mol. The van der Waals surface area contributed by atoms with Crippen LogP contribution in [0, 0.1) is 5.92 Å². The van der Waals surface area contributed by atoms with Gasteiger partial charge < -0.3 is 5.11 Å². The molecule has 6 heteroatoms. The molecule has 0 unspecified atom stereocenters. The van der Waals surface area contributed by atoms with Gasteiger partial charge >= 0.3 is 5.97 Å². The lowest BCUT2D eigenvalue weighted by Gasteiger charge is -2.19. The average molecular weight is 287 g/mol. The van der Waals surface area contributed by atoms with Gasteiger partial charge in [0.1, 0.15) is 5.65 Å². The molecule has 0 amide bonds. The molecule has 3 rings (SSSR count). The third kappa shape index (κ3) is 3.46. The first kappa shape index (κ1) is 13.8. The highest BCUT2D eigenvalue weighted by Gasteiger charge is 2.25. The molecule has 1 aliphatic carbocycles. The lowest BCUT2D eigenvalue weighted by molar-refractivity contribution is -0.138. The van der Waals surface area contributed by atoms with Crippen molar-refractivity contribution in [3.8, 4) is 0 Å². The standard InChI is InChI=1S/C15H17N3O3/c19-14-7-12(16-13-3-1-2-6-18(13)14)9-17(10-15(20)21)8-11-4-5-11/h1-3,6-7,11H,4-5,8-10H2,(H,20,21). The number of aromatic nitrogens is 2. The Morgan fingerprint density at radius 3 is 2.95 bits per heavy atom. The molecule has 2 aromatic rings. The number of nitrogens with zero attached hydrogens (tertiary/aromatic N) is 3. The number of pyridine rings is 1. The van der Waals surface area contributed by atoms with E-state index in [-0.39, 0.29) is 12.1 Å². The van der Waals surface area contributed by atoms with Crippen LogP contribution >= 0.6 is 0 Å². The van der Waals surface area contributed by atoms with Crippen molar-refractivity contribution in [1.82, 2.24) is 14.3 Å². The Bertz CT molecular complexity index is 721. The molecule has 1 aliphatic rings. The van der Waals surface area contributed by atoms with E-state index in [0.717, 1.165) is 19.4 Å². The molecule has 110 valence electrons. The summed E-state index contributed by atoms with van der Waals surface area (Å²) in [6.07, 6.45) is 3.99. The monoisotopic (exact) mass is 287 g/mol. The maximum Gasteiger partial charge on any atom is 0.317 e. The SMILES string of the molecule is O=C(O)CN(Cc1cc(=O)n2ccccc2n1)CC1CC1. The van der Waals surface area contributed by atoms with Crippen molar-refractivity contribution in [2.24, 2.45) is 5.92 Å². The smallest absolute Gasteiger partial charge is 0.317 e. The van der Waals surface area contributed by atoms with E-state index in [1.807, 2.05) is 11.0 Å². The molecule has 0 saturated heterocycles. The van der Waals surface area contributed by atoms with Crippen molar-refractivity contribution in [1.29, 1.82) is 0 Å². The van der Waals surface area contributed by atoms with Gasteiger partial charge in [-0.1, -0.05) is 6.07 Å². The first-order valence-electron chi connectivity index (χ1n) is 7.03. The molecule has 1 fully saturated rings. The Labute approximate surface area is 121 Å². The fourth-order valence-electron chi connectivity index (χ4n) is 2.45. The number of fused-ring (bicyclic) bond motifs is 1. The van der Waals surface area contributed by atoms with E-state index < -0.39 is 5.97 Å². The molecule has 0 atom stereocenters. The van der Waals surface area contributed by atoms with Gasteiger partial charge in [-0.2, -0.15) is 0 Å². The van der Waals surface area contributed by atoms with E-state index in [2.05, 4.69) is 4.98 Å². The summed E-state index contributed by atoms with van der Waals surface area (Å²) in [7, 11) is 0. The zero-order valence-electron chi connectivity index (χ0n) is 11.6. The fourth-order valence-corrected chi connectivity index (χ4v) is 2.45. The molecule has 0 aliphatic heterocycles. The first-order chi connectivity index (χ1) is 10.1. The second-order valence-electron chi connectivity index (χ2n) is 5.52. The van der Waals surface area contributed by atoms with Gasteiger partial charge in [0.15, 0.2) is 0 Å². The quantitative estimate of drug-likeness (QED) is 0.857. The van der Waals surface area contributed by atoms with Gasteiger partial charge in [0.25, 0.3) is 5.56 Å². The van der Waals surface area contributed by atoms with Crippen LogP contribution in [0.25, 0.3) is 5.65 Å². The summed E-state index contributed by atoms with van der Waals surface area (Å²) < 4.78 is 1.48. The highest BCUT2D eigenvalue weighted by molar-refractivity contribution is 5.69. The second kappa shape index (κ2) is 5.65. The minimum absolute atomic E-state index is 0.0215. The molecule has 0 spiro atoms. The number of carbonyl (C=O) groups is 1. The summed E-state index contributed by atoms with van der Waals surface area (Å²) in [5, 5.41) is 8.99. The molecule has 0 radical (unpaired) electrons. The number of hydrogen-bond donors (Lipinski definition) is 1. The van der Waals surface area contributed by atoms with Crippen LogP contribution in [0.3, 0.4) is 0 Å². The highest BCUT2D eigenvalue weighted by Crippen LogP contribution is 2.29. The van der Waals surface area contributed by atoms with Crippen molar-refractivity contribution in [3.05, 3.63) is 46.5 Å². The van der Waals surface area contributed by atoms with Crippen LogP contribution < -0.4 is 5.56 Å². The van der Waals surface area contributed by atoms with Gasteiger partial charge in [-0.05, 0) is 30.9 Å². The van der Waals surface area contributed by atoms with E-state index in [9.17, 15) is 9.59 Å². The molecule has 6 nitrogen and oxygen atoms in total. The maximum absolute atomic E-state index is 12.0. The van der Waals surface area contributed by atoms with Crippen molar-refractivity contribution in [3.63, 3.8) is 0 Å². The summed E-state index contributed by atoms with van der Waals surface area (Å²) in [5.74, 6) is -0.265. The average Bonchev–Trinajstić information content (AvgIpc) is 3.22. The van der Waals surface area contributed by atoms with Crippen molar-refractivity contribution in [2.75, 3.05) is 13.1 Å². The van der Waals surface area contributed by atoms with Gasteiger partial charge in [-0.25, -0.2) is 4.98 Å². The van der Waals surface area contributed by atoms with E-state index >= 15 is 0 Å².